The number of hydrogen-bond donors (Lipinski definition) is 2. The zero-order valence-corrected chi connectivity index (χ0v) is 13.6. The monoisotopic (exact) mass is 306 g/mol. The summed E-state index contributed by atoms with van der Waals surface area (Å²) in [6.45, 7) is 8.77. The van der Waals surface area contributed by atoms with Crippen LogP contribution in [-0.4, -0.2) is 41.0 Å². The van der Waals surface area contributed by atoms with Gasteiger partial charge < -0.3 is 10.4 Å². The standard InChI is InChI=1S/C17H26N2O3/c1-4-10-19(11-5-2)12-14-6-8-15(9-7-14)16(20)18-13(3)17(21)22/h6-9,13H,4-5,10-12H2,1-3H3,(H,18,20)(H,21,22). The first-order chi connectivity index (χ1) is 10.5. The van der Waals surface area contributed by atoms with Crippen LogP contribution in [-0.2, 0) is 11.3 Å². The lowest BCUT2D eigenvalue weighted by Crippen LogP contribution is -2.38. The summed E-state index contributed by atoms with van der Waals surface area (Å²) >= 11 is 0. The maximum absolute atomic E-state index is 11.9. The number of carbonyl (C=O) groups is 2. The van der Waals surface area contributed by atoms with E-state index in [4.69, 9.17) is 5.11 Å². The number of aliphatic carboxylic acids is 1. The minimum atomic E-state index is -1.04. The summed E-state index contributed by atoms with van der Waals surface area (Å²) in [5, 5.41) is 11.2. The highest BCUT2D eigenvalue weighted by molar-refractivity contribution is 5.96. The Labute approximate surface area is 132 Å². The lowest BCUT2D eigenvalue weighted by molar-refractivity contribution is -0.138. The van der Waals surface area contributed by atoms with Crippen LogP contribution in [0.4, 0.5) is 0 Å². The van der Waals surface area contributed by atoms with Gasteiger partial charge in [0, 0.05) is 12.1 Å². The lowest BCUT2D eigenvalue weighted by atomic mass is 10.1. The molecule has 1 atom stereocenters. The van der Waals surface area contributed by atoms with Crippen molar-refractivity contribution in [2.24, 2.45) is 0 Å². The van der Waals surface area contributed by atoms with Crippen LogP contribution in [0.25, 0.3) is 0 Å². The molecule has 1 rings (SSSR count). The fourth-order valence-corrected chi connectivity index (χ4v) is 2.26. The Morgan fingerprint density at radius 2 is 1.68 bits per heavy atom. The van der Waals surface area contributed by atoms with Crippen molar-refractivity contribution in [2.75, 3.05) is 13.1 Å². The Morgan fingerprint density at radius 3 is 2.14 bits per heavy atom. The molecule has 0 saturated carbocycles. The molecule has 2 N–H and O–H groups in total. The maximum Gasteiger partial charge on any atom is 0.325 e. The third-order valence-corrected chi connectivity index (χ3v) is 3.42. The lowest BCUT2D eigenvalue weighted by Gasteiger charge is -2.21. The third-order valence-electron chi connectivity index (χ3n) is 3.42. The second-order valence-corrected chi connectivity index (χ2v) is 5.51. The van der Waals surface area contributed by atoms with E-state index < -0.39 is 12.0 Å². The van der Waals surface area contributed by atoms with Gasteiger partial charge in [0.25, 0.3) is 5.91 Å². The minimum absolute atomic E-state index is 0.361. The van der Waals surface area contributed by atoms with Crippen LogP contribution < -0.4 is 5.32 Å². The number of rotatable bonds is 9. The van der Waals surface area contributed by atoms with E-state index in [9.17, 15) is 9.59 Å². The van der Waals surface area contributed by atoms with E-state index in [0.29, 0.717) is 5.56 Å². The number of nitrogens with zero attached hydrogens (tertiary/aromatic N) is 1. The van der Waals surface area contributed by atoms with Crippen LogP contribution in [0.5, 0.6) is 0 Å². The predicted molar refractivity (Wildman–Crippen MR) is 86.9 cm³/mol. The maximum atomic E-state index is 11.9. The molecule has 122 valence electrons. The number of hydrogen-bond acceptors (Lipinski definition) is 3. The molecule has 0 spiro atoms. The molecule has 0 aliphatic heterocycles. The SMILES string of the molecule is CCCN(CCC)Cc1ccc(C(=O)NC(C)C(=O)O)cc1. The Morgan fingerprint density at radius 1 is 1.14 bits per heavy atom. The van der Waals surface area contributed by atoms with Crippen LogP contribution in [0.1, 0.15) is 49.5 Å². The quantitative estimate of drug-likeness (QED) is 0.735. The first-order valence-corrected chi connectivity index (χ1v) is 7.82. The van der Waals surface area contributed by atoms with E-state index in [1.165, 1.54) is 6.92 Å². The summed E-state index contributed by atoms with van der Waals surface area (Å²) in [6.07, 6.45) is 2.24. The Hall–Kier alpha value is -1.88. The van der Waals surface area contributed by atoms with Crippen molar-refractivity contribution in [3.63, 3.8) is 0 Å². The summed E-state index contributed by atoms with van der Waals surface area (Å²) in [7, 11) is 0. The molecular formula is C17H26N2O3. The fraction of sp³-hybridized carbons (Fsp3) is 0.529. The van der Waals surface area contributed by atoms with Gasteiger partial charge in [-0.1, -0.05) is 26.0 Å². The second kappa shape index (κ2) is 9.20. The highest BCUT2D eigenvalue weighted by Gasteiger charge is 2.15. The molecule has 0 heterocycles. The van der Waals surface area contributed by atoms with Crippen LogP contribution in [0.2, 0.25) is 0 Å². The van der Waals surface area contributed by atoms with Crippen molar-refractivity contribution >= 4 is 11.9 Å². The van der Waals surface area contributed by atoms with E-state index in [-0.39, 0.29) is 5.91 Å². The third kappa shape index (κ3) is 5.85. The number of nitrogens with one attached hydrogen (secondary N) is 1. The van der Waals surface area contributed by atoms with E-state index in [1.807, 2.05) is 12.1 Å². The molecule has 1 unspecified atom stereocenters. The highest BCUT2D eigenvalue weighted by atomic mass is 16.4. The Bertz CT molecular complexity index is 479. The van der Waals surface area contributed by atoms with E-state index >= 15 is 0 Å². The van der Waals surface area contributed by atoms with E-state index in [1.54, 1.807) is 12.1 Å². The Kier molecular flexibility index (Phi) is 7.60. The van der Waals surface area contributed by atoms with Crippen molar-refractivity contribution in [1.82, 2.24) is 10.2 Å². The van der Waals surface area contributed by atoms with Gasteiger partial charge in [-0.2, -0.15) is 0 Å². The minimum Gasteiger partial charge on any atom is -0.480 e. The number of amides is 1. The van der Waals surface area contributed by atoms with Crippen molar-refractivity contribution in [1.29, 1.82) is 0 Å². The zero-order chi connectivity index (χ0) is 16.5. The van der Waals surface area contributed by atoms with Crippen LogP contribution in [0, 0.1) is 0 Å². The van der Waals surface area contributed by atoms with Gasteiger partial charge in [0.1, 0.15) is 6.04 Å². The van der Waals surface area contributed by atoms with Gasteiger partial charge in [-0.25, -0.2) is 0 Å². The summed E-state index contributed by atoms with van der Waals surface area (Å²) in [5.41, 5.74) is 1.64. The number of benzene rings is 1. The molecule has 0 aromatic heterocycles. The van der Waals surface area contributed by atoms with Crippen molar-refractivity contribution in [3.05, 3.63) is 35.4 Å². The molecule has 0 radical (unpaired) electrons. The Balaban J connectivity index is 2.65. The molecule has 1 aromatic carbocycles. The van der Waals surface area contributed by atoms with Crippen molar-refractivity contribution < 1.29 is 14.7 Å². The van der Waals surface area contributed by atoms with Gasteiger partial charge in [0.15, 0.2) is 0 Å². The molecule has 1 amide bonds. The first-order valence-electron chi connectivity index (χ1n) is 7.82. The number of carboxylic acids is 1. The number of carbonyl (C=O) groups excluding carboxylic acids is 1. The molecule has 1 aromatic rings. The zero-order valence-electron chi connectivity index (χ0n) is 13.6. The largest absolute Gasteiger partial charge is 0.480 e. The molecule has 0 aliphatic rings. The average molecular weight is 306 g/mol. The molecule has 0 bridgehead atoms. The van der Waals surface area contributed by atoms with E-state index in [2.05, 4.69) is 24.1 Å². The van der Waals surface area contributed by atoms with Crippen molar-refractivity contribution in [2.45, 2.75) is 46.2 Å². The average Bonchev–Trinajstić information content (AvgIpc) is 2.48. The summed E-state index contributed by atoms with van der Waals surface area (Å²) < 4.78 is 0. The molecule has 0 aliphatic carbocycles. The summed E-state index contributed by atoms with van der Waals surface area (Å²) in [6, 6.07) is 6.46. The van der Waals surface area contributed by atoms with Gasteiger partial charge in [0.05, 0.1) is 0 Å². The van der Waals surface area contributed by atoms with Gasteiger partial charge in [-0.15, -0.1) is 0 Å². The molecular weight excluding hydrogens is 280 g/mol. The molecule has 0 saturated heterocycles. The fourth-order valence-electron chi connectivity index (χ4n) is 2.26. The molecule has 22 heavy (non-hydrogen) atoms. The van der Waals surface area contributed by atoms with Crippen LogP contribution >= 0.6 is 0 Å². The highest BCUT2D eigenvalue weighted by Crippen LogP contribution is 2.09. The molecule has 0 fully saturated rings. The molecule has 5 heteroatoms. The van der Waals surface area contributed by atoms with Gasteiger partial charge >= 0.3 is 5.97 Å². The summed E-state index contributed by atoms with van der Waals surface area (Å²) in [4.78, 5) is 25.0. The van der Waals surface area contributed by atoms with Crippen molar-refractivity contribution in [3.8, 4) is 0 Å². The van der Waals surface area contributed by atoms with Gasteiger partial charge in [-0.05, 0) is 50.6 Å². The number of carboxylic acid groups (broad SMARTS) is 1. The van der Waals surface area contributed by atoms with Crippen LogP contribution in [0.3, 0.4) is 0 Å². The predicted octanol–water partition coefficient (Wildman–Crippen LogP) is 2.51. The first kappa shape index (κ1) is 18.2. The molecule has 5 nitrogen and oxygen atoms in total. The second-order valence-electron chi connectivity index (χ2n) is 5.51. The van der Waals surface area contributed by atoms with Gasteiger partial charge in [0.2, 0.25) is 0 Å². The normalized spacial score (nSPS) is 12.2. The van der Waals surface area contributed by atoms with Crippen LogP contribution in [0.15, 0.2) is 24.3 Å². The van der Waals surface area contributed by atoms with Gasteiger partial charge in [-0.3, -0.25) is 14.5 Å². The smallest absolute Gasteiger partial charge is 0.325 e. The summed E-state index contributed by atoms with van der Waals surface area (Å²) in [5.74, 6) is -1.40. The topological polar surface area (TPSA) is 69.6 Å². The van der Waals surface area contributed by atoms with E-state index in [0.717, 1.165) is 38.0 Å².